The summed E-state index contributed by atoms with van der Waals surface area (Å²) in [5, 5.41) is 3.89. The fraction of sp³-hybridized carbons (Fsp3) is 0.409. The molecule has 0 aliphatic rings. The number of hydrogen-bond donors (Lipinski definition) is 1. The van der Waals surface area contributed by atoms with Crippen LogP contribution in [0.5, 0.6) is 0 Å². The Kier molecular flexibility index (Phi) is 7.24. The molecule has 0 bridgehead atoms. The molecule has 0 radical (unpaired) electrons. The Hall–Kier alpha value is -1.84. The predicted octanol–water partition coefficient (Wildman–Crippen LogP) is 5.66. The molecule has 2 aromatic carbocycles. The van der Waals surface area contributed by atoms with Gasteiger partial charge < -0.3 is 5.32 Å². The van der Waals surface area contributed by atoms with Crippen LogP contribution in [-0.2, 0) is 11.3 Å². The fourth-order valence-electron chi connectivity index (χ4n) is 3.08. The van der Waals surface area contributed by atoms with Crippen LogP contribution in [0.1, 0.15) is 56.2 Å². The maximum Gasteiger partial charge on any atom is 0.238 e. The first-order chi connectivity index (χ1) is 12.3. The van der Waals surface area contributed by atoms with E-state index in [1.807, 2.05) is 36.2 Å². The maximum atomic E-state index is 12.6. The van der Waals surface area contributed by atoms with E-state index >= 15 is 0 Å². The van der Waals surface area contributed by atoms with Crippen molar-refractivity contribution in [3.63, 3.8) is 0 Å². The molecule has 0 spiro atoms. The van der Waals surface area contributed by atoms with Crippen LogP contribution in [0.15, 0.2) is 42.5 Å². The summed E-state index contributed by atoms with van der Waals surface area (Å²) >= 11 is 5.93. The number of nitrogens with one attached hydrogen (secondary N) is 1. The summed E-state index contributed by atoms with van der Waals surface area (Å²) in [5.41, 5.74) is 4.48. The number of rotatable bonds is 7. The van der Waals surface area contributed by atoms with E-state index in [-0.39, 0.29) is 5.91 Å². The summed E-state index contributed by atoms with van der Waals surface area (Å²) in [6.45, 7) is 9.66. The highest BCUT2D eigenvalue weighted by atomic mass is 35.5. The van der Waals surface area contributed by atoms with Crippen LogP contribution in [0.3, 0.4) is 0 Å². The minimum Gasteiger partial charge on any atom is -0.324 e. The molecule has 3 nitrogen and oxygen atoms in total. The average molecular weight is 373 g/mol. The number of nitrogens with zero attached hydrogens (tertiary/aromatic N) is 1. The lowest BCUT2D eigenvalue weighted by atomic mass is 9.92. The van der Waals surface area contributed by atoms with E-state index in [4.69, 9.17) is 11.6 Å². The number of carbonyl (C=O) groups is 1. The minimum atomic E-state index is 0.0106. The fourth-order valence-corrected chi connectivity index (χ4v) is 3.20. The van der Waals surface area contributed by atoms with Gasteiger partial charge in [-0.05, 0) is 47.7 Å². The lowest BCUT2D eigenvalue weighted by Gasteiger charge is -2.22. The SMILES string of the molecule is CC(C)c1cccc(C(C)C)c1NC(=O)CN(C)Cc1ccc(Cl)cc1. The smallest absolute Gasteiger partial charge is 0.238 e. The van der Waals surface area contributed by atoms with E-state index < -0.39 is 0 Å². The van der Waals surface area contributed by atoms with Crippen LogP contribution in [0, 0.1) is 0 Å². The third-order valence-corrected chi connectivity index (χ3v) is 4.67. The molecule has 0 unspecified atom stereocenters. The van der Waals surface area contributed by atoms with Crippen molar-refractivity contribution in [3.8, 4) is 0 Å². The van der Waals surface area contributed by atoms with E-state index in [2.05, 4.69) is 51.2 Å². The van der Waals surface area contributed by atoms with Gasteiger partial charge in [-0.1, -0.05) is 69.6 Å². The summed E-state index contributed by atoms with van der Waals surface area (Å²) in [7, 11) is 1.95. The highest BCUT2D eigenvalue weighted by Crippen LogP contribution is 2.32. The largest absolute Gasteiger partial charge is 0.324 e. The van der Waals surface area contributed by atoms with Crippen molar-refractivity contribution < 1.29 is 4.79 Å². The monoisotopic (exact) mass is 372 g/mol. The molecule has 0 fully saturated rings. The molecule has 140 valence electrons. The first kappa shape index (κ1) is 20.5. The van der Waals surface area contributed by atoms with Gasteiger partial charge in [0.05, 0.1) is 6.54 Å². The second kappa shape index (κ2) is 9.20. The van der Waals surface area contributed by atoms with Gasteiger partial charge in [0, 0.05) is 17.3 Å². The van der Waals surface area contributed by atoms with Crippen LogP contribution in [0.4, 0.5) is 5.69 Å². The average Bonchev–Trinajstić information content (AvgIpc) is 2.56. The van der Waals surface area contributed by atoms with Crippen molar-refractivity contribution in [1.29, 1.82) is 0 Å². The third kappa shape index (κ3) is 5.58. The summed E-state index contributed by atoms with van der Waals surface area (Å²) in [5.74, 6) is 0.725. The number of halogens is 1. The zero-order chi connectivity index (χ0) is 19.3. The number of amides is 1. The summed E-state index contributed by atoms with van der Waals surface area (Å²) in [6.07, 6.45) is 0. The van der Waals surface area contributed by atoms with Gasteiger partial charge >= 0.3 is 0 Å². The van der Waals surface area contributed by atoms with E-state index in [0.717, 1.165) is 16.3 Å². The normalized spacial score (nSPS) is 11.4. The second-order valence-corrected chi connectivity index (χ2v) is 7.90. The third-order valence-electron chi connectivity index (χ3n) is 4.42. The molecular weight excluding hydrogens is 344 g/mol. The van der Waals surface area contributed by atoms with Gasteiger partial charge in [-0.3, -0.25) is 9.69 Å². The minimum absolute atomic E-state index is 0.0106. The van der Waals surface area contributed by atoms with Crippen molar-refractivity contribution in [2.45, 2.75) is 46.1 Å². The topological polar surface area (TPSA) is 32.3 Å². The molecule has 0 aromatic heterocycles. The van der Waals surface area contributed by atoms with Crippen molar-refractivity contribution in [3.05, 3.63) is 64.2 Å². The number of carbonyl (C=O) groups excluding carboxylic acids is 1. The molecule has 2 rings (SSSR count). The molecular formula is C22H29ClN2O. The van der Waals surface area contributed by atoms with Crippen molar-refractivity contribution in [2.75, 3.05) is 18.9 Å². The molecule has 2 aromatic rings. The number of anilines is 1. The molecule has 1 amide bonds. The molecule has 0 aliphatic heterocycles. The number of hydrogen-bond acceptors (Lipinski definition) is 2. The van der Waals surface area contributed by atoms with Crippen LogP contribution in [0.2, 0.25) is 5.02 Å². The van der Waals surface area contributed by atoms with Gasteiger partial charge in [-0.2, -0.15) is 0 Å². The van der Waals surface area contributed by atoms with Gasteiger partial charge in [-0.15, -0.1) is 0 Å². The number of para-hydroxylation sites is 1. The zero-order valence-electron chi connectivity index (χ0n) is 16.3. The Labute approximate surface area is 162 Å². The molecule has 0 atom stereocenters. The molecule has 0 heterocycles. The van der Waals surface area contributed by atoms with Gasteiger partial charge in [0.15, 0.2) is 0 Å². The lowest BCUT2D eigenvalue weighted by Crippen LogP contribution is -2.30. The highest BCUT2D eigenvalue weighted by molar-refractivity contribution is 6.30. The standard InChI is InChI=1S/C22H29ClN2O/c1-15(2)19-7-6-8-20(16(3)4)22(19)24-21(26)14-25(5)13-17-9-11-18(23)12-10-17/h6-12,15-16H,13-14H2,1-5H3,(H,24,26). The first-order valence-electron chi connectivity index (χ1n) is 9.13. The number of likely N-dealkylation sites (N-methyl/N-ethyl adjacent to an activating group) is 1. The molecule has 0 aliphatic carbocycles. The van der Waals surface area contributed by atoms with Gasteiger partial charge in [0.25, 0.3) is 0 Å². The second-order valence-electron chi connectivity index (χ2n) is 7.47. The highest BCUT2D eigenvalue weighted by Gasteiger charge is 2.16. The summed E-state index contributed by atoms with van der Waals surface area (Å²) in [4.78, 5) is 14.6. The molecule has 1 N–H and O–H groups in total. The first-order valence-corrected chi connectivity index (χ1v) is 9.51. The van der Waals surface area contributed by atoms with E-state index in [0.29, 0.717) is 24.9 Å². The predicted molar refractivity (Wildman–Crippen MR) is 111 cm³/mol. The summed E-state index contributed by atoms with van der Waals surface area (Å²) in [6, 6.07) is 14.0. The van der Waals surface area contributed by atoms with Crippen LogP contribution < -0.4 is 5.32 Å². The van der Waals surface area contributed by atoms with Crippen molar-refractivity contribution >= 4 is 23.2 Å². The van der Waals surface area contributed by atoms with E-state index in [9.17, 15) is 4.79 Å². The number of benzene rings is 2. The lowest BCUT2D eigenvalue weighted by molar-refractivity contribution is -0.117. The van der Waals surface area contributed by atoms with Crippen LogP contribution in [0.25, 0.3) is 0 Å². The Morgan fingerprint density at radius 3 is 2.04 bits per heavy atom. The Morgan fingerprint density at radius 2 is 1.54 bits per heavy atom. The molecule has 0 saturated heterocycles. The molecule has 4 heteroatoms. The van der Waals surface area contributed by atoms with E-state index in [1.165, 1.54) is 11.1 Å². The quantitative estimate of drug-likeness (QED) is 0.680. The van der Waals surface area contributed by atoms with Gasteiger partial charge in [0.1, 0.15) is 0 Å². The molecule has 26 heavy (non-hydrogen) atoms. The summed E-state index contributed by atoms with van der Waals surface area (Å²) < 4.78 is 0. The van der Waals surface area contributed by atoms with Gasteiger partial charge in [-0.25, -0.2) is 0 Å². The van der Waals surface area contributed by atoms with Crippen molar-refractivity contribution in [1.82, 2.24) is 4.90 Å². The Balaban J connectivity index is 2.08. The van der Waals surface area contributed by atoms with E-state index in [1.54, 1.807) is 0 Å². The Bertz CT molecular complexity index is 712. The maximum absolute atomic E-state index is 12.6. The van der Waals surface area contributed by atoms with Crippen LogP contribution in [-0.4, -0.2) is 24.4 Å². The molecule has 0 saturated carbocycles. The zero-order valence-corrected chi connectivity index (χ0v) is 17.1. The Morgan fingerprint density at radius 1 is 1.00 bits per heavy atom. The van der Waals surface area contributed by atoms with Crippen LogP contribution >= 0.6 is 11.6 Å². The van der Waals surface area contributed by atoms with Crippen molar-refractivity contribution in [2.24, 2.45) is 0 Å². The van der Waals surface area contributed by atoms with Gasteiger partial charge in [0.2, 0.25) is 5.91 Å².